The van der Waals surface area contributed by atoms with Gasteiger partial charge in [-0.15, -0.1) is 0 Å². The molecule has 3 N–H and O–H groups in total. The number of rotatable bonds is 4. The van der Waals surface area contributed by atoms with Crippen LogP contribution in [0.1, 0.15) is 12.5 Å². The smallest absolute Gasteiger partial charge is 0.337 e. The number of anilines is 1. The van der Waals surface area contributed by atoms with E-state index in [1.54, 1.807) is 24.3 Å². The van der Waals surface area contributed by atoms with E-state index in [1.807, 2.05) is 6.07 Å². The highest BCUT2D eigenvalue weighted by Gasteiger charge is 2.29. The first-order valence-electron chi connectivity index (χ1n) is 4.65. The topological polar surface area (TPSA) is 93.4 Å². The van der Waals surface area contributed by atoms with Crippen LogP contribution in [0.3, 0.4) is 0 Å². The molecule has 16 heavy (non-hydrogen) atoms. The zero-order valence-electron chi connectivity index (χ0n) is 8.77. The Kier molecular flexibility index (Phi) is 3.48. The summed E-state index contributed by atoms with van der Waals surface area (Å²) in [6.07, 6.45) is 0. The summed E-state index contributed by atoms with van der Waals surface area (Å²) in [5.74, 6) is -1.28. The first-order valence-corrected chi connectivity index (χ1v) is 4.65. The fraction of sp³-hybridized carbons (Fsp3) is 0.273. The summed E-state index contributed by atoms with van der Waals surface area (Å²) in [5.41, 5.74) is -0.635. The highest BCUT2D eigenvalue weighted by Crippen LogP contribution is 2.11. The number of nitrogens with zero attached hydrogens (tertiary/aromatic N) is 1. The highest BCUT2D eigenvalue weighted by atomic mass is 16.4. The lowest BCUT2D eigenvalue weighted by atomic mass is 10.1. The average molecular weight is 220 g/mol. The van der Waals surface area contributed by atoms with Gasteiger partial charge in [-0.25, -0.2) is 4.79 Å². The summed E-state index contributed by atoms with van der Waals surface area (Å²) in [5, 5.41) is 29.5. The molecule has 0 saturated heterocycles. The van der Waals surface area contributed by atoms with Crippen molar-refractivity contribution < 1.29 is 15.0 Å². The lowest BCUT2D eigenvalue weighted by Crippen LogP contribution is -2.41. The van der Waals surface area contributed by atoms with E-state index in [0.29, 0.717) is 11.3 Å². The molecule has 1 aromatic carbocycles. The third kappa shape index (κ3) is 2.97. The maximum Gasteiger partial charge on any atom is 0.337 e. The zero-order chi connectivity index (χ0) is 12.2. The molecule has 1 aromatic rings. The van der Waals surface area contributed by atoms with Gasteiger partial charge in [0, 0.05) is 5.69 Å². The first-order chi connectivity index (χ1) is 7.45. The van der Waals surface area contributed by atoms with Crippen LogP contribution in [0.15, 0.2) is 24.3 Å². The van der Waals surface area contributed by atoms with E-state index in [1.165, 1.54) is 6.92 Å². The van der Waals surface area contributed by atoms with Gasteiger partial charge in [-0.05, 0) is 31.2 Å². The molecule has 0 bridgehead atoms. The number of carboxylic acids is 1. The molecule has 0 aliphatic rings. The van der Waals surface area contributed by atoms with Crippen molar-refractivity contribution in [1.29, 1.82) is 5.26 Å². The van der Waals surface area contributed by atoms with Crippen molar-refractivity contribution in [1.82, 2.24) is 0 Å². The van der Waals surface area contributed by atoms with Crippen LogP contribution in [0.25, 0.3) is 0 Å². The largest absolute Gasteiger partial charge is 0.479 e. The molecule has 0 fully saturated rings. The number of benzene rings is 1. The van der Waals surface area contributed by atoms with Crippen LogP contribution in [-0.2, 0) is 4.79 Å². The Morgan fingerprint density at radius 2 is 2.06 bits per heavy atom. The predicted molar refractivity (Wildman–Crippen MR) is 57.9 cm³/mol. The molecule has 0 amide bonds. The molecule has 1 atom stereocenters. The number of carboxylic acid groups (broad SMARTS) is 1. The average Bonchev–Trinajstić information content (AvgIpc) is 2.27. The van der Waals surface area contributed by atoms with Crippen molar-refractivity contribution in [2.24, 2.45) is 0 Å². The molecule has 0 radical (unpaired) electrons. The number of nitriles is 1. The monoisotopic (exact) mass is 220 g/mol. The van der Waals surface area contributed by atoms with Gasteiger partial charge in [0.1, 0.15) is 0 Å². The Morgan fingerprint density at radius 1 is 1.50 bits per heavy atom. The minimum atomic E-state index is -1.81. The molecule has 0 aliphatic carbocycles. The molecule has 1 unspecified atom stereocenters. The maximum absolute atomic E-state index is 10.6. The van der Waals surface area contributed by atoms with Gasteiger partial charge in [-0.3, -0.25) is 0 Å². The van der Waals surface area contributed by atoms with Crippen LogP contribution >= 0.6 is 0 Å². The lowest BCUT2D eigenvalue weighted by molar-refractivity contribution is -0.155. The van der Waals surface area contributed by atoms with Gasteiger partial charge < -0.3 is 15.5 Å². The van der Waals surface area contributed by atoms with Gasteiger partial charge in [-0.2, -0.15) is 5.26 Å². The molecule has 5 nitrogen and oxygen atoms in total. The van der Waals surface area contributed by atoms with Crippen LogP contribution in [0.2, 0.25) is 0 Å². The van der Waals surface area contributed by atoms with E-state index in [-0.39, 0.29) is 6.54 Å². The van der Waals surface area contributed by atoms with E-state index in [2.05, 4.69) is 5.32 Å². The number of carbonyl (C=O) groups is 1. The molecule has 0 saturated carbocycles. The van der Waals surface area contributed by atoms with E-state index in [9.17, 15) is 9.90 Å². The Bertz CT molecular complexity index is 418. The molecule has 0 aromatic heterocycles. The van der Waals surface area contributed by atoms with Gasteiger partial charge >= 0.3 is 5.97 Å². The highest BCUT2D eigenvalue weighted by molar-refractivity contribution is 5.77. The molecule has 0 spiro atoms. The van der Waals surface area contributed by atoms with Crippen molar-refractivity contribution in [3.63, 3.8) is 0 Å². The fourth-order valence-corrected chi connectivity index (χ4v) is 1.01. The molecule has 0 aliphatic heterocycles. The molecule has 1 rings (SSSR count). The van der Waals surface area contributed by atoms with Gasteiger partial charge in [0.05, 0.1) is 18.2 Å². The third-order valence-electron chi connectivity index (χ3n) is 2.11. The third-order valence-corrected chi connectivity index (χ3v) is 2.11. The van der Waals surface area contributed by atoms with Gasteiger partial charge in [0.25, 0.3) is 0 Å². The van der Waals surface area contributed by atoms with E-state index >= 15 is 0 Å². The molecular weight excluding hydrogens is 208 g/mol. The Morgan fingerprint density at radius 3 is 2.50 bits per heavy atom. The molecule has 5 heteroatoms. The summed E-state index contributed by atoms with van der Waals surface area (Å²) in [6.45, 7) is 1.11. The van der Waals surface area contributed by atoms with Crippen LogP contribution in [0, 0.1) is 11.3 Å². The predicted octanol–water partition coefficient (Wildman–Crippen LogP) is 0.806. The second-order valence-corrected chi connectivity index (χ2v) is 3.62. The van der Waals surface area contributed by atoms with Gasteiger partial charge in [0.2, 0.25) is 0 Å². The zero-order valence-corrected chi connectivity index (χ0v) is 8.77. The number of aliphatic hydroxyl groups is 1. The lowest BCUT2D eigenvalue weighted by Gasteiger charge is -2.18. The van der Waals surface area contributed by atoms with E-state index < -0.39 is 11.6 Å². The van der Waals surface area contributed by atoms with Crippen LogP contribution in [0.4, 0.5) is 5.69 Å². The SMILES string of the molecule is CC(O)(CNc1ccc(C#N)cc1)C(=O)O. The summed E-state index contributed by atoms with van der Waals surface area (Å²) in [7, 11) is 0. The summed E-state index contributed by atoms with van der Waals surface area (Å²) in [6, 6.07) is 8.49. The summed E-state index contributed by atoms with van der Waals surface area (Å²) in [4.78, 5) is 10.6. The van der Waals surface area contributed by atoms with Crippen molar-refractivity contribution in [3.05, 3.63) is 29.8 Å². The molecule has 84 valence electrons. The normalized spacial score (nSPS) is 13.6. The standard InChI is InChI=1S/C11H12N2O3/c1-11(16,10(14)15)7-13-9-4-2-8(6-12)3-5-9/h2-5,13,16H,7H2,1H3,(H,14,15). The van der Waals surface area contributed by atoms with Gasteiger partial charge in [-0.1, -0.05) is 0 Å². The summed E-state index contributed by atoms with van der Waals surface area (Å²) >= 11 is 0. The quantitative estimate of drug-likeness (QED) is 0.698. The van der Waals surface area contributed by atoms with E-state index in [0.717, 1.165) is 0 Å². The minimum absolute atomic E-state index is 0.103. The first kappa shape index (κ1) is 12.0. The Hall–Kier alpha value is -2.06. The van der Waals surface area contributed by atoms with Crippen LogP contribution < -0.4 is 5.32 Å². The molecular formula is C11H12N2O3. The molecule has 0 heterocycles. The summed E-state index contributed by atoms with van der Waals surface area (Å²) < 4.78 is 0. The minimum Gasteiger partial charge on any atom is -0.479 e. The van der Waals surface area contributed by atoms with Crippen molar-refractivity contribution in [2.75, 3.05) is 11.9 Å². The fourth-order valence-electron chi connectivity index (χ4n) is 1.01. The maximum atomic E-state index is 10.6. The Balaban J connectivity index is 2.62. The second kappa shape index (κ2) is 4.64. The number of hydrogen-bond donors (Lipinski definition) is 3. The number of nitrogens with one attached hydrogen (secondary N) is 1. The van der Waals surface area contributed by atoms with Crippen molar-refractivity contribution in [2.45, 2.75) is 12.5 Å². The second-order valence-electron chi connectivity index (χ2n) is 3.62. The van der Waals surface area contributed by atoms with Crippen molar-refractivity contribution in [3.8, 4) is 6.07 Å². The number of aliphatic carboxylic acids is 1. The number of hydrogen-bond acceptors (Lipinski definition) is 4. The van der Waals surface area contributed by atoms with E-state index in [4.69, 9.17) is 10.4 Å². The van der Waals surface area contributed by atoms with Crippen LogP contribution in [-0.4, -0.2) is 28.3 Å². The van der Waals surface area contributed by atoms with Gasteiger partial charge in [0.15, 0.2) is 5.60 Å². The van der Waals surface area contributed by atoms with Crippen LogP contribution in [0.5, 0.6) is 0 Å². The Labute approximate surface area is 92.9 Å². The van der Waals surface area contributed by atoms with Crippen molar-refractivity contribution >= 4 is 11.7 Å².